The second kappa shape index (κ2) is 6.22. The van der Waals surface area contributed by atoms with Crippen molar-refractivity contribution < 1.29 is 0 Å². The molecule has 0 amide bonds. The summed E-state index contributed by atoms with van der Waals surface area (Å²) in [5, 5.41) is 5.15. The van der Waals surface area contributed by atoms with E-state index in [-0.39, 0.29) is 10.8 Å². The average molecular weight is 302 g/mol. The Labute approximate surface area is 130 Å². The Kier molecular flexibility index (Phi) is 4.34. The summed E-state index contributed by atoms with van der Waals surface area (Å²) in [6.45, 7) is 0.858. The zero-order valence-electron chi connectivity index (χ0n) is 12.3. The Morgan fingerprint density at radius 3 is 2.57 bits per heavy atom. The molecule has 1 aliphatic carbocycles. The molecule has 1 aromatic carbocycles. The summed E-state index contributed by atoms with van der Waals surface area (Å²) in [6, 6.07) is 7.76. The molecule has 0 atom stereocenters. The van der Waals surface area contributed by atoms with E-state index in [1.165, 1.54) is 44.7 Å². The van der Waals surface area contributed by atoms with Crippen LogP contribution in [0.5, 0.6) is 0 Å². The van der Waals surface area contributed by atoms with Crippen molar-refractivity contribution in [2.45, 2.75) is 45.1 Å². The van der Waals surface area contributed by atoms with Crippen LogP contribution in [0.3, 0.4) is 0 Å². The van der Waals surface area contributed by atoms with Crippen molar-refractivity contribution >= 4 is 23.5 Å². The smallest absolute Gasteiger partial charge is 0.207 e. The van der Waals surface area contributed by atoms with E-state index in [0.29, 0.717) is 0 Å². The molecule has 2 aromatic rings. The molecule has 1 fully saturated rings. The van der Waals surface area contributed by atoms with Crippen molar-refractivity contribution in [3.8, 4) is 0 Å². The Hall–Kier alpha value is -1.29. The number of hydrogen-bond acceptors (Lipinski definition) is 3. The van der Waals surface area contributed by atoms with Gasteiger partial charge in [0.25, 0.3) is 0 Å². The SMILES string of the molecule is O=c1cnn(CC2(CS)CCCCCC2)c2ccccc12. The summed E-state index contributed by atoms with van der Waals surface area (Å²) in [6.07, 6.45) is 9.07. The van der Waals surface area contributed by atoms with Crippen LogP contribution in [0.1, 0.15) is 38.5 Å². The van der Waals surface area contributed by atoms with Gasteiger partial charge in [-0.25, -0.2) is 0 Å². The van der Waals surface area contributed by atoms with Crippen LogP contribution in [0, 0.1) is 5.41 Å². The molecule has 4 heteroatoms. The first-order valence-corrected chi connectivity index (χ1v) is 8.43. The van der Waals surface area contributed by atoms with E-state index in [2.05, 4.69) is 17.7 Å². The fourth-order valence-corrected chi connectivity index (χ4v) is 3.87. The van der Waals surface area contributed by atoms with Crippen LogP contribution in [0.25, 0.3) is 10.9 Å². The van der Waals surface area contributed by atoms with Gasteiger partial charge >= 0.3 is 0 Å². The third-order valence-electron chi connectivity index (χ3n) is 4.75. The van der Waals surface area contributed by atoms with Crippen LogP contribution in [-0.4, -0.2) is 15.5 Å². The maximum atomic E-state index is 11.9. The average Bonchev–Trinajstić information content (AvgIpc) is 2.77. The van der Waals surface area contributed by atoms with Gasteiger partial charge < -0.3 is 0 Å². The number of benzene rings is 1. The molecule has 1 aromatic heterocycles. The largest absolute Gasteiger partial charge is 0.287 e. The Bertz CT molecular complexity index is 672. The fraction of sp³-hybridized carbons (Fsp3) is 0.529. The third kappa shape index (κ3) is 3.00. The number of para-hydroxylation sites is 1. The highest BCUT2D eigenvalue weighted by Gasteiger charge is 2.30. The zero-order valence-corrected chi connectivity index (χ0v) is 13.2. The van der Waals surface area contributed by atoms with Crippen molar-refractivity contribution in [3.05, 3.63) is 40.7 Å². The molecule has 21 heavy (non-hydrogen) atoms. The van der Waals surface area contributed by atoms with E-state index < -0.39 is 0 Å². The molecule has 1 saturated carbocycles. The second-order valence-corrected chi connectivity index (χ2v) is 6.57. The minimum absolute atomic E-state index is 0.00244. The molecule has 0 saturated heterocycles. The molecular weight excluding hydrogens is 280 g/mol. The van der Waals surface area contributed by atoms with Crippen LogP contribution < -0.4 is 5.43 Å². The predicted octanol–water partition coefficient (Wildman–Crippen LogP) is 3.67. The first-order valence-electron chi connectivity index (χ1n) is 7.80. The number of fused-ring (bicyclic) bond motifs is 1. The molecule has 1 heterocycles. The van der Waals surface area contributed by atoms with Crippen LogP contribution >= 0.6 is 12.6 Å². The minimum Gasteiger partial charge on any atom is -0.287 e. The van der Waals surface area contributed by atoms with Crippen LogP contribution in [0.2, 0.25) is 0 Å². The Morgan fingerprint density at radius 1 is 1.14 bits per heavy atom. The highest BCUT2D eigenvalue weighted by molar-refractivity contribution is 7.80. The van der Waals surface area contributed by atoms with Gasteiger partial charge in [-0.3, -0.25) is 9.48 Å². The maximum Gasteiger partial charge on any atom is 0.207 e. The number of thiol groups is 1. The summed E-state index contributed by atoms with van der Waals surface area (Å²) < 4.78 is 2.01. The second-order valence-electron chi connectivity index (χ2n) is 6.26. The van der Waals surface area contributed by atoms with Crippen molar-refractivity contribution in [1.29, 1.82) is 0 Å². The molecule has 3 rings (SSSR count). The maximum absolute atomic E-state index is 11.9. The van der Waals surface area contributed by atoms with E-state index >= 15 is 0 Å². The van der Waals surface area contributed by atoms with Crippen molar-refractivity contribution in [3.63, 3.8) is 0 Å². The third-order valence-corrected chi connectivity index (χ3v) is 5.42. The topological polar surface area (TPSA) is 34.9 Å². The van der Waals surface area contributed by atoms with Gasteiger partial charge in [0, 0.05) is 11.9 Å². The van der Waals surface area contributed by atoms with E-state index in [1.807, 2.05) is 28.9 Å². The van der Waals surface area contributed by atoms with Gasteiger partial charge in [0.1, 0.15) is 0 Å². The van der Waals surface area contributed by atoms with E-state index in [9.17, 15) is 4.79 Å². The van der Waals surface area contributed by atoms with E-state index in [0.717, 1.165) is 23.2 Å². The monoisotopic (exact) mass is 302 g/mol. The summed E-state index contributed by atoms with van der Waals surface area (Å²) in [5.74, 6) is 0.884. The molecule has 112 valence electrons. The lowest BCUT2D eigenvalue weighted by Crippen LogP contribution is -2.30. The molecule has 0 spiro atoms. The number of aromatic nitrogens is 2. The number of hydrogen-bond donors (Lipinski definition) is 1. The van der Waals surface area contributed by atoms with Crippen molar-refractivity contribution in [2.75, 3.05) is 5.75 Å². The Balaban J connectivity index is 2.00. The van der Waals surface area contributed by atoms with Gasteiger partial charge in [-0.15, -0.1) is 0 Å². The highest BCUT2D eigenvalue weighted by Crippen LogP contribution is 2.37. The molecule has 0 bridgehead atoms. The number of nitrogens with zero attached hydrogens (tertiary/aromatic N) is 2. The minimum atomic E-state index is 0.00244. The zero-order chi connectivity index (χ0) is 14.7. The summed E-state index contributed by atoms with van der Waals surface area (Å²) in [4.78, 5) is 11.9. The lowest BCUT2D eigenvalue weighted by molar-refractivity contribution is 0.233. The fourth-order valence-electron chi connectivity index (χ4n) is 3.45. The van der Waals surface area contributed by atoms with Crippen molar-refractivity contribution in [1.82, 2.24) is 9.78 Å². The highest BCUT2D eigenvalue weighted by atomic mass is 32.1. The van der Waals surface area contributed by atoms with Crippen LogP contribution in [0.15, 0.2) is 35.3 Å². The molecule has 3 nitrogen and oxygen atoms in total. The van der Waals surface area contributed by atoms with Gasteiger partial charge in [-0.05, 0) is 36.1 Å². The first kappa shape index (κ1) is 14.6. The molecule has 0 N–H and O–H groups in total. The van der Waals surface area contributed by atoms with Gasteiger partial charge in [-0.2, -0.15) is 17.7 Å². The van der Waals surface area contributed by atoms with Gasteiger partial charge in [0.2, 0.25) is 5.43 Å². The quantitative estimate of drug-likeness (QED) is 0.693. The number of rotatable bonds is 3. The van der Waals surface area contributed by atoms with E-state index in [1.54, 1.807) is 0 Å². The summed E-state index contributed by atoms with van der Waals surface area (Å²) in [7, 11) is 0. The van der Waals surface area contributed by atoms with Gasteiger partial charge in [-0.1, -0.05) is 37.8 Å². The lowest BCUT2D eigenvalue weighted by Gasteiger charge is -2.32. The molecule has 0 unspecified atom stereocenters. The molecular formula is C17H22N2OS. The van der Waals surface area contributed by atoms with Gasteiger partial charge in [0.15, 0.2) is 0 Å². The molecule has 0 aliphatic heterocycles. The summed E-state index contributed by atoms with van der Waals surface area (Å²) >= 11 is 4.64. The predicted molar refractivity (Wildman–Crippen MR) is 90.0 cm³/mol. The van der Waals surface area contributed by atoms with E-state index in [4.69, 9.17) is 0 Å². The normalized spacial score (nSPS) is 18.5. The standard InChI is InChI=1S/C17H22N2OS/c20-16-11-18-19(15-8-4-3-7-14(15)16)12-17(13-21)9-5-1-2-6-10-17/h3-4,7-8,11,21H,1-2,5-6,9-10,12-13H2. The van der Waals surface area contributed by atoms with Gasteiger partial charge in [0.05, 0.1) is 11.7 Å². The molecule has 0 radical (unpaired) electrons. The summed E-state index contributed by atoms with van der Waals surface area (Å²) in [5.41, 5.74) is 1.16. The molecule has 1 aliphatic rings. The Morgan fingerprint density at radius 2 is 1.86 bits per heavy atom. The lowest BCUT2D eigenvalue weighted by atomic mass is 9.82. The van der Waals surface area contributed by atoms with Crippen LogP contribution in [-0.2, 0) is 6.54 Å². The van der Waals surface area contributed by atoms with Crippen LogP contribution in [0.4, 0.5) is 0 Å². The van der Waals surface area contributed by atoms with Crippen molar-refractivity contribution in [2.24, 2.45) is 5.41 Å². The first-order chi connectivity index (χ1) is 10.2.